The van der Waals surface area contributed by atoms with Gasteiger partial charge in [0.15, 0.2) is 0 Å². The number of aryl methyl sites for hydroxylation is 2. The zero-order chi connectivity index (χ0) is 13.8. The van der Waals surface area contributed by atoms with Crippen LogP contribution in [0.15, 0.2) is 24.4 Å². The molecule has 2 rings (SSSR count). The third kappa shape index (κ3) is 3.20. The van der Waals surface area contributed by atoms with Crippen LogP contribution in [-0.4, -0.2) is 16.3 Å². The molecule has 1 aromatic heterocycles. The first kappa shape index (κ1) is 13.7. The number of hydrogen-bond acceptors (Lipinski definition) is 2. The van der Waals surface area contributed by atoms with Crippen molar-refractivity contribution in [1.82, 2.24) is 15.1 Å². The van der Waals surface area contributed by atoms with Gasteiger partial charge < -0.3 is 5.32 Å². The molecule has 0 atom stereocenters. The van der Waals surface area contributed by atoms with E-state index in [-0.39, 0.29) is 5.82 Å². The molecule has 1 heterocycles. The molecule has 0 spiro atoms. The Morgan fingerprint density at radius 1 is 1.37 bits per heavy atom. The molecule has 2 aromatic rings. The smallest absolute Gasteiger partial charge is 0.123 e. The minimum atomic E-state index is -0.206. The number of hydrogen-bond donors (Lipinski definition) is 1. The Kier molecular flexibility index (Phi) is 4.32. The number of nitrogens with zero attached hydrogens (tertiary/aromatic N) is 2. The summed E-state index contributed by atoms with van der Waals surface area (Å²) in [5, 5.41) is 7.88. The normalized spacial score (nSPS) is 10.9. The van der Waals surface area contributed by atoms with Gasteiger partial charge in [-0.05, 0) is 43.7 Å². The van der Waals surface area contributed by atoms with Gasteiger partial charge in [-0.15, -0.1) is 0 Å². The van der Waals surface area contributed by atoms with Gasteiger partial charge in [-0.25, -0.2) is 4.39 Å². The van der Waals surface area contributed by atoms with Gasteiger partial charge in [0.05, 0.1) is 5.69 Å². The number of halogens is 1. The quantitative estimate of drug-likeness (QED) is 0.838. The Morgan fingerprint density at radius 3 is 2.84 bits per heavy atom. The van der Waals surface area contributed by atoms with Crippen LogP contribution in [0.25, 0.3) is 11.3 Å². The van der Waals surface area contributed by atoms with Crippen LogP contribution in [-0.2, 0) is 13.6 Å². The zero-order valence-electron chi connectivity index (χ0n) is 11.7. The van der Waals surface area contributed by atoms with E-state index in [1.54, 1.807) is 16.8 Å². The Labute approximate surface area is 113 Å². The van der Waals surface area contributed by atoms with Gasteiger partial charge in [-0.1, -0.05) is 6.92 Å². The summed E-state index contributed by atoms with van der Waals surface area (Å²) in [6.45, 7) is 5.82. The molecule has 0 saturated heterocycles. The third-order valence-corrected chi connectivity index (χ3v) is 3.09. The highest BCUT2D eigenvalue weighted by molar-refractivity contribution is 5.66. The molecule has 102 valence electrons. The number of rotatable bonds is 5. The zero-order valence-corrected chi connectivity index (χ0v) is 11.7. The molecule has 4 heteroatoms. The van der Waals surface area contributed by atoms with Gasteiger partial charge in [0.25, 0.3) is 0 Å². The molecular weight excluding hydrogens is 241 g/mol. The van der Waals surface area contributed by atoms with Crippen molar-refractivity contribution in [3.63, 3.8) is 0 Å². The molecule has 0 radical (unpaired) electrons. The molecular formula is C15H20FN3. The molecule has 1 aromatic carbocycles. The lowest BCUT2D eigenvalue weighted by atomic mass is 10.0. The lowest BCUT2D eigenvalue weighted by Gasteiger charge is -2.07. The molecule has 0 saturated carbocycles. The number of nitrogens with one attached hydrogen (secondary N) is 1. The average molecular weight is 261 g/mol. The molecule has 19 heavy (non-hydrogen) atoms. The lowest BCUT2D eigenvalue weighted by molar-refractivity contribution is 0.627. The van der Waals surface area contributed by atoms with Crippen molar-refractivity contribution in [3.05, 3.63) is 41.3 Å². The van der Waals surface area contributed by atoms with Crippen molar-refractivity contribution in [1.29, 1.82) is 0 Å². The topological polar surface area (TPSA) is 29.9 Å². The van der Waals surface area contributed by atoms with E-state index in [0.717, 1.165) is 41.9 Å². The van der Waals surface area contributed by atoms with E-state index in [0.29, 0.717) is 0 Å². The van der Waals surface area contributed by atoms with Crippen LogP contribution in [0.4, 0.5) is 4.39 Å². The van der Waals surface area contributed by atoms with Gasteiger partial charge in [-0.2, -0.15) is 5.10 Å². The second kappa shape index (κ2) is 5.97. The maximum Gasteiger partial charge on any atom is 0.123 e. The highest BCUT2D eigenvalue weighted by atomic mass is 19.1. The molecule has 0 amide bonds. The predicted octanol–water partition coefficient (Wildman–Crippen LogP) is 3.03. The van der Waals surface area contributed by atoms with Crippen LogP contribution < -0.4 is 5.32 Å². The molecule has 3 nitrogen and oxygen atoms in total. The lowest BCUT2D eigenvalue weighted by Crippen LogP contribution is -2.13. The van der Waals surface area contributed by atoms with Crippen LogP contribution >= 0.6 is 0 Å². The van der Waals surface area contributed by atoms with Crippen LogP contribution in [0.2, 0.25) is 0 Å². The molecule has 0 unspecified atom stereocenters. The van der Waals surface area contributed by atoms with E-state index in [1.165, 1.54) is 6.07 Å². The van der Waals surface area contributed by atoms with E-state index in [2.05, 4.69) is 17.3 Å². The summed E-state index contributed by atoms with van der Waals surface area (Å²) in [7, 11) is 1.91. The standard InChI is InChI=1S/C15H20FN3/c1-4-7-17-9-12-10-19(3)18-15(12)14-6-5-13(16)8-11(14)2/h5-6,8,10,17H,4,7,9H2,1-3H3. The summed E-state index contributed by atoms with van der Waals surface area (Å²) in [4.78, 5) is 0. The summed E-state index contributed by atoms with van der Waals surface area (Å²) in [6, 6.07) is 4.84. The summed E-state index contributed by atoms with van der Waals surface area (Å²) in [5.41, 5.74) is 3.99. The van der Waals surface area contributed by atoms with E-state index in [1.807, 2.05) is 20.2 Å². The van der Waals surface area contributed by atoms with Gasteiger partial charge in [0.2, 0.25) is 0 Å². The van der Waals surface area contributed by atoms with Crippen molar-refractivity contribution in [2.24, 2.45) is 7.05 Å². The minimum Gasteiger partial charge on any atom is -0.313 e. The fourth-order valence-corrected chi connectivity index (χ4v) is 2.19. The van der Waals surface area contributed by atoms with Crippen molar-refractivity contribution < 1.29 is 4.39 Å². The first-order chi connectivity index (χ1) is 9.11. The van der Waals surface area contributed by atoms with Crippen molar-refractivity contribution in [3.8, 4) is 11.3 Å². The maximum atomic E-state index is 13.2. The fraction of sp³-hybridized carbons (Fsp3) is 0.400. The van der Waals surface area contributed by atoms with Crippen molar-refractivity contribution >= 4 is 0 Å². The molecule has 0 aliphatic carbocycles. The summed E-state index contributed by atoms with van der Waals surface area (Å²) < 4.78 is 15.0. The van der Waals surface area contributed by atoms with Crippen LogP contribution in [0.5, 0.6) is 0 Å². The average Bonchev–Trinajstić information content (AvgIpc) is 2.71. The van der Waals surface area contributed by atoms with Gasteiger partial charge >= 0.3 is 0 Å². The second-order valence-electron chi connectivity index (χ2n) is 4.81. The molecule has 0 fully saturated rings. The monoisotopic (exact) mass is 261 g/mol. The maximum absolute atomic E-state index is 13.2. The highest BCUT2D eigenvalue weighted by Crippen LogP contribution is 2.25. The largest absolute Gasteiger partial charge is 0.313 e. The molecule has 0 aliphatic heterocycles. The highest BCUT2D eigenvalue weighted by Gasteiger charge is 2.12. The van der Waals surface area contributed by atoms with E-state index in [4.69, 9.17) is 0 Å². The fourth-order valence-electron chi connectivity index (χ4n) is 2.19. The number of benzene rings is 1. The van der Waals surface area contributed by atoms with Crippen LogP contribution in [0.1, 0.15) is 24.5 Å². The SMILES string of the molecule is CCCNCc1cn(C)nc1-c1ccc(F)cc1C. The predicted molar refractivity (Wildman–Crippen MR) is 75.3 cm³/mol. The van der Waals surface area contributed by atoms with Crippen LogP contribution in [0, 0.1) is 12.7 Å². The minimum absolute atomic E-state index is 0.206. The molecule has 0 aliphatic rings. The third-order valence-electron chi connectivity index (χ3n) is 3.09. The van der Waals surface area contributed by atoms with E-state index in [9.17, 15) is 4.39 Å². The Bertz CT molecular complexity index is 561. The van der Waals surface area contributed by atoms with Crippen LogP contribution in [0.3, 0.4) is 0 Å². The Hall–Kier alpha value is -1.68. The van der Waals surface area contributed by atoms with Crippen molar-refractivity contribution in [2.45, 2.75) is 26.8 Å². The van der Waals surface area contributed by atoms with Gasteiger partial charge in [0.1, 0.15) is 5.82 Å². The van der Waals surface area contributed by atoms with Gasteiger partial charge in [-0.3, -0.25) is 4.68 Å². The molecule has 0 bridgehead atoms. The molecule has 1 N–H and O–H groups in total. The Balaban J connectivity index is 2.32. The summed E-state index contributed by atoms with van der Waals surface area (Å²) in [5.74, 6) is -0.206. The summed E-state index contributed by atoms with van der Waals surface area (Å²) >= 11 is 0. The summed E-state index contributed by atoms with van der Waals surface area (Å²) in [6.07, 6.45) is 3.12. The van der Waals surface area contributed by atoms with Gasteiger partial charge in [0, 0.05) is 30.9 Å². The van der Waals surface area contributed by atoms with E-state index >= 15 is 0 Å². The Morgan fingerprint density at radius 2 is 2.16 bits per heavy atom. The number of aromatic nitrogens is 2. The van der Waals surface area contributed by atoms with Crippen molar-refractivity contribution in [2.75, 3.05) is 6.54 Å². The second-order valence-corrected chi connectivity index (χ2v) is 4.81. The van der Waals surface area contributed by atoms with E-state index < -0.39 is 0 Å². The first-order valence-corrected chi connectivity index (χ1v) is 6.61. The first-order valence-electron chi connectivity index (χ1n) is 6.61.